The summed E-state index contributed by atoms with van der Waals surface area (Å²) < 4.78 is 0. The van der Waals surface area contributed by atoms with Crippen LogP contribution in [0.5, 0.6) is 0 Å². The van der Waals surface area contributed by atoms with Crippen LogP contribution in [0.15, 0.2) is 163 Å². The monoisotopic (exact) mass is 806 g/mol. The van der Waals surface area contributed by atoms with Crippen LogP contribution in [0.25, 0.3) is 10.8 Å². The molecule has 2 saturated carbocycles. The average Bonchev–Trinajstić information content (AvgIpc) is 3.27. The molecule has 0 bridgehead atoms. The van der Waals surface area contributed by atoms with E-state index in [9.17, 15) is 4.79 Å². The van der Waals surface area contributed by atoms with Crippen LogP contribution in [-0.2, 0) is 17.4 Å². The molecule has 0 heterocycles. The molecular formula is C51H56ClN4OP. The van der Waals surface area contributed by atoms with Crippen LogP contribution in [0.2, 0.25) is 0 Å². The minimum Gasteiger partial charge on any atom is -1.00 e. The first-order valence-electron chi connectivity index (χ1n) is 21.2. The highest BCUT2D eigenvalue weighted by Crippen LogP contribution is 2.58. The molecular weight excluding hydrogens is 751 g/mol. The van der Waals surface area contributed by atoms with Gasteiger partial charge in [0.2, 0.25) is 5.91 Å². The molecule has 0 aromatic heterocycles. The predicted octanol–water partition coefficient (Wildman–Crippen LogP) is 7.09. The summed E-state index contributed by atoms with van der Waals surface area (Å²) in [5, 5.41) is 17.3. The van der Waals surface area contributed by atoms with E-state index in [0.29, 0.717) is 12.5 Å². The molecule has 8 rings (SSSR count). The van der Waals surface area contributed by atoms with Gasteiger partial charge in [0.25, 0.3) is 0 Å². The summed E-state index contributed by atoms with van der Waals surface area (Å²) in [4.78, 5) is 19.8. The smallest absolute Gasteiger partial charge is 0.247 e. The number of amides is 1. The lowest BCUT2D eigenvalue weighted by atomic mass is 9.95. The zero-order valence-corrected chi connectivity index (χ0v) is 35.1. The van der Waals surface area contributed by atoms with Crippen molar-refractivity contribution in [3.8, 4) is 0 Å². The van der Waals surface area contributed by atoms with E-state index in [0.717, 1.165) is 49.1 Å². The standard InChI is InChI=1S/C51H55N4OP.ClH/c56-50(52-45-34-31-39(32-35-45)38-57(46-24-10-3-11-25-46,47-26-12-4-13-27-47)48-28-14-5-15-29-48)49(37-40-30-33-41-18-16-17-19-42(41)36-40)55-51(53-43-20-6-1-7-21-43)54-44-22-8-2-9-23-44;/h3-5,10-19,24-36,43-44,49H,1-2,6-9,20-23,37-38H2,(H2-,52,53,54,55,56);1H. The topological polar surface area (TPSA) is 65.5 Å². The Balaban J connectivity index is 0.00000512. The molecule has 58 heavy (non-hydrogen) atoms. The number of hydrogen-bond donors (Lipinski definition) is 3. The van der Waals surface area contributed by atoms with Gasteiger partial charge in [-0.1, -0.05) is 148 Å². The third-order valence-electron chi connectivity index (χ3n) is 11.9. The number of aliphatic imine (C=N–C) groups is 1. The number of rotatable bonds is 12. The predicted molar refractivity (Wildman–Crippen MR) is 243 cm³/mol. The Labute approximate surface area is 351 Å². The summed E-state index contributed by atoms with van der Waals surface area (Å²) in [6, 6.07) is 56.7. The molecule has 7 heteroatoms. The van der Waals surface area contributed by atoms with Crippen LogP contribution >= 0.6 is 7.26 Å². The van der Waals surface area contributed by atoms with Crippen molar-refractivity contribution in [2.24, 2.45) is 4.99 Å². The molecule has 1 unspecified atom stereocenters. The second kappa shape index (κ2) is 20.1. The van der Waals surface area contributed by atoms with E-state index in [2.05, 4.69) is 174 Å². The average molecular weight is 807 g/mol. The van der Waals surface area contributed by atoms with Crippen LogP contribution in [0.1, 0.15) is 75.3 Å². The summed E-state index contributed by atoms with van der Waals surface area (Å²) in [6.07, 6.45) is 13.4. The van der Waals surface area contributed by atoms with Gasteiger partial charge in [0, 0.05) is 18.2 Å². The fraction of sp³-hybridized carbons (Fsp3) is 0.294. The number of anilines is 1. The molecule has 5 nitrogen and oxygen atoms in total. The fourth-order valence-electron chi connectivity index (χ4n) is 8.89. The minimum absolute atomic E-state index is 0. The second-order valence-corrected chi connectivity index (χ2v) is 19.5. The molecule has 3 N–H and O–H groups in total. The van der Waals surface area contributed by atoms with Gasteiger partial charge in [0.15, 0.2) is 5.96 Å². The summed E-state index contributed by atoms with van der Waals surface area (Å²) >= 11 is 0. The van der Waals surface area contributed by atoms with Gasteiger partial charge < -0.3 is 28.4 Å². The summed E-state index contributed by atoms with van der Waals surface area (Å²) in [7, 11) is -2.05. The quantitative estimate of drug-likeness (QED) is 0.0704. The van der Waals surface area contributed by atoms with Crippen LogP contribution < -0.4 is 44.3 Å². The SMILES string of the molecule is O=C(Nc1ccc(C[P+](c2ccccc2)(c2ccccc2)c2ccccc2)cc1)C(Cc1ccc2ccccc2c1)NC(=NC1CCCCC1)NC1CCCCC1.[Cl-]. The van der Waals surface area contributed by atoms with Crippen molar-refractivity contribution >= 4 is 51.5 Å². The lowest BCUT2D eigenvalue weighted by Gasteiger charge is -2.29. The van der Waals surface area contributed by atoms with Crippen LogP contribution in [-0.4, -0.2) is 30.0 Å². The van der Waals surface area contributed by atoms with Gasteiger partial charge in [-0.15, -0.1) is 0 Å². The molecule has 0 aliphatic heterocycles. The van der Waals surface area contributed by atoms with Crippen LogP contribution in [0.3, 0.4) is 0 Å². The maximum absolute atomic E-state index is 14.5. The van der Waals surface area contributed by atoms with Gasteiger partial charge in [-0.05, 0) is 96.1 Å². The van der Waals surface area contributed by atoms with Crippen molar-refractivity contribution in [1.82, 2.24) is 10.6 Å². The van der Waals surface area contributed by atoms with E-state index in [4.69, 9.17) is 4.99 Å². The fourth-order valence-corrected chi connectivity index (χ4v) is 13.1. The molecule has 2 aliphatic rings. The molecule has 6 aromatic rings. The van der Waals surface area contributed by atoms with Crippen LogP contribution in [0, 0.1) is 0 Å². The Morgan fingerprint density at radius 1 is 0.586 bits per heavy atom. The third-order valence-corrected chi connectivity index (χ3v) is 16.3. The highest BCUT2D eigenvalue weighted by molar-refractivity contribution is 7.95. The Hall–Kier alpha value is -4.96. The van der Waals surface area contributed by atoms with Crippen molar-refractivity contribution in [1.29, 1.82) is 0 Å². The number of benzene rings is 6. The molecule has 2 aliphatic carbocycles. The van der Waals surface area contributed by atoms with Crippen molar-refractivity contribution in [2.45, 2.75) is 94.9 Å². The van der Waals surface area contributed by atoms with E-state index >= 15 is 0 Å². The van der Waals surface area contributed by atoms with Crippen molar-refractivity contribution in [2.75, 3.05) is 5.32 Å². The molecule has 6 aromatic carbocycles. The second-order valence-electron chi connectivity index (χ2n) is 16.0. The molecule has 0 saturated heterocycles. The highest BCUT2D eigenvalue weighted by atomic mass is 35.5. The van der Waals surface area contributed by atoms with Gasteiger partial charge in [0.1, 0.15) is 29.2 Å². The molecule has 2 fully saturated rings. The number of guanidine groups is 1. The van der Waals surface area contributed by atoms with E-state index in [1.807, 2.05) is 0 Å². The van der Waals surface area contributed by atoms with Crippen molar-refractivity contribution in [3.05, 3.63) is 169 Å². The zero-order valence-electron chi connectivity index (χ0n) is 33.4. The molecule has 298 valence electrons. The molecule has 0 radical (unpaired) electrons. The van der Waals surface area contributed by atoms with E-state index in [-0.39, 0.29) is 24.4 Å². The number of halogens is 1. The van der Waals surface area contributed by atoms with E-state index in [1.165, 1.54) is 70.8 Å². The summed E-state index contributed by atoms with van der Waals surface area (Å²) in [5.41, 5.74) is 3.15. The first-order valence-corrected chi connectivity index (χ1v) is 23.1. The van der Waals surface area contributed by atoms with Crippen molar-refractivity contribution < 1.29 is 17.2 Å². The Bertz CT molecular complexity index is 2120. The number of carbonyl (C=O) groups is 1. The van der Waals surface area contributed by atoms with Gasteiger partial charge in [0.05, 0.1) is 12.2 Å². The number of carbonyl (C=O) groups excluding carboxylic acids is 1. The highest BCUT2D eigenvalue weighted by Gasteiger charge is 2.45. The van der Waals surface area contributed by atoms with Crippen LogP contribution in [0.4, 0.5) is 5.69 Å². The first kappa shape index (κ1) is 41.2. The minimum atomic E-state index is -2.05. The lowest BCUT2D eigenvalue weighted by Crippen LogP contribution is -3.00. The number of hydrogen-bond acceptors (Lipinski definition) is 2. The first-order chi connectivity index (χ1) is 28.1. The van der Waals surface area contributed by atoms with Crippen molar-refractivity contribution in [3.63, 3.8) is 0 Å². The maximum Gasteiger partial charge on any atom is 0.247 e. The Morgan fingerprint density at radius 2 is 1.10 bits per heavy atom. The van der Waals surface area contributed by atoms with Gasteiger partial charge in [-0.3, -0.25) is 4.79 Å². The number of fused-ring (bicyclic) bond motifs is 1. The van der Waals surface area contributed by atoms with Gasteiger partial charge in [-0.2, -0.15) is 0 Å². The molecule has 0 spiro atoms. The largest absolute Gasteiger partial charge is 1.00 e. The Morgan fingerprint density at radius 3 is 1.69 bits per heavy atom. The summed E-state index contributed by atoms with van der Waals surface area (Å²) in [6.45, 7) is 0. The molecule has 1 atom stereocenters. The van der Waals surface area contributed by atoms with Gasteiger partial charge in [-0.25, -0.2) is 4.99 Å². The normalized spacial score (nSPS) is 15.9. The third kappa shape index (κ3) is 10.2. The number of nitrogens with one attached hydrogen (secondary N) is 3. The van der Waals surface area contributed by atoms with E-state index in [1.54, 1.807) is 0 Å². The summed E-state index contributed by atoms with van der Waals surface area (Å²) in [5.74, 6) is 0.727. The van der Waals surface area contributed by atoms with Gasteiger partial charge >= 0.3 is 0 Å². The number of nitrogens with zero attached hydrogens (tertiary/aromatic N) is 1. The maximum atomic E-state index is 14.5. The zero-order chi connectivity index (χ0) is 38.7. The van der Waals surface area contributed by atoms with E-state index < -0.39 is 13.3 Å². The lowest BCUT2D eigenvalue weighted by molar-refractivity contribution is -0.117. The molecule has 1 amide bonds. The Kier molecular flexibility index (Phi) is 14.3.